The molecule has 0 saturated carbocycles. The molecule has 108 valence electrons. The third-order valence-corrected chi connectivity index (χ3v) is 3.56. The molecule has 1 atom stereocenters. The summed E-state index contributed by atoms with van der Waals surface area (Å²) >= 11 is 6.03. The molecular formula is C14H17ClFN3O. The van der Waals surface area contributed by atoms with Crippen LogP contribution in [0.3, 0.4) is 0 Å². The number of aromatic nitrogens is 2. The van der Waals surface area contributed by atoms with E-state index in [0.29, 0.717) is 22.9 Å². The maximum atomic E-state index is 13.8. The van der Waals surface area contributed by atoms with Gasteiger partial charge in [-0.25, -0.2) is 4.39 Å². The summed E-state index contributed by atoms with van der Waals surface area (Å²) in [5.74, 6) is 0.251. The fourth-order valence-electron chi connectivity index (χ4n) is 2.21. The molecule has 0 radical (unpaired) electrons. The summed E-state index contributed by atoms with van der Waals surface area (Å²) in [6.07, 6.45) is 1.90. The number of benzene rings is 1. The van der Waals surface area contributed by atoms with E-state index in [1.54, 1.807) is 30.1 Å². The van der Waals surface area contributed by atoms with Gasteiger partial charge in [-0.15, -0.1) is 0 Å². The molecule has 0 amide bonds. The van der Waals surface area contributed by atoms with Crippen LogP contribution in [-0.2, 0) is 13.0 Å². The molecule has 0 aliphatic rings. The fourth-order valence-corrected chi connectivity index (χ4v) is 2.45. The number of ether oxygens (including phenoxy) is 1. The minimum atomic E-state index is -0.443. The van der Waals surface area contributed by atoms with E-state index in [0.717, 1.165) is 5.69 Å². The molecular weight excluding hydrogens is 281 g/mol. The molecule has 20 heavy (non-hydrogen) atoms. The number of nitrogens with zero attached hydrogens (tertiary/aromatic N) is 2. The standard InChI is InChI=1S/C14H17ClFN3O/c1-3-19-14(13(20-2)8-18-19)12(17)7-9-10(15)5-4-6-11(9)16/h4-6,8,12H,3,7,17H2,1-2H3. The Balaban J connectivity index is 2.33. The lowest BCUT2D eigenvalue weighted by Gasteiger charge is -2.16. The molecule has 0 aliphatic heterocycles. The molecule has 1 aromatic carbocycles. The topological polar surface area (TPSA) is 53.1 Å². The summed E-state index contributed by atoms with van der Waals surface area (Å²) < 4.78 is 20.8. The van der Waals surface area contributed by atoms with Crippen LogP contribution < -0.4 is 10.5 Å². The minimum Gasteiger partial charge on any atom is -0.493 e. The van der Waals surface area contributed by atoms with Gasteiger partial charge in [0.2, 0.25) is 0 Å². The van der Waals surface area contributed by atoms with Crippen LogP contribution >= 0.6 is 11.6 Å². The zero-order valence-corrected chi connectivity index (χ0v) is 12.2. The van der Waals surface area contributed by atoms with Crippen molar-refractivity contribution in [2.75, 3.05) is 7.11 Å². The molecule has 1 aromatic heterocycles. The Kier molecular flexibility index (Phi) is 4.62. The van der Waals surface area contributed by atoms with E-state index in [2.05, 4.69) is 5.10 Å². The van der Waals surface area contributed by atoms with Crippen molar-refractivity contribution < 1.29 is 9.13 Å². The predicted molar refractivity (Wildman–Crippen MR) is 76.5 cm³/mol. The Morgan fingerprint density at radius 1 is 1.50 bits per heavy atom. The summed E-state index contributed by atoms with van der Waals surface area (Å²) in [4.78, 5) is 0. The second-order valence-corrected chi connectivity index (χ2v) is 4.83. The van der Waals surface area contributed by atoms with Crippen LogP contribution in [0, 0.1) is 5.82 Å². The lowest BCUT2D eigenvalue weighted by Crippen LogP contribution is -2.19. The molecule has 0 spiro atoms. The van der Waals surface area contributed by atoms with E-state index in [1.165, 1.54) is 6.07 Å². The molecule has 1 heterocycles. The van der Waals surface area contributed by atoms with Crippen LogP contribution in [0.25, 0.3) is 0 Å². The molecule has 1 unspecified atom stereocenters. The van der Waals surface area contributed by atoms with Crippen molar-refractivity contribution in [3.05, 3.63) is 46.5 Å². The third-order valence-electron chi connectivity index (χ3n) is 3.20. The quantitative estimate of drug-likeness (QED) is 0.923. The lowest BCUT2D eigenvalue weighted by atomic mass is 10.0. The highest BCUT2D eigenvalue weighted by atomic mass is 35.5. The highest BCUT2D eigenvalue weighted by Crippen LogP contribution is 2.29. The monoisotopic (exact) mass is 297 g/mol. The smallest absolute Gasteiger partial charge is 0.161 e. The highest BCUT2D eigenvalue weighted by Gasteiger charge is 2.21. The Morgan fingerprint density at radius 3 is 2.85 bits per heavy atom. The van der Waals surface area contributed by atoms with Gasteiger partial charge in [0.25, 0.3) is 0 Å². The fraction of sp³-hybridized carbons (Fsp3) is 0.357. The number of halogens is 2. The second-order valence-electron chi connectivity index (χ2n) is 4.42. The van der Waals surface area contributed by atoms with E-state index in [9.17, 15) is 4.39 Å². The number of aryl methyl sites for hydroxylation is 1. The Labute approximate surface area is 122 Å². The maximum absolute atomic E-state index is 13.8. The number of nitrogens with two attached hydrogens (primary N) is 1. The van der Waals surface area contributed by atoms with E-state index in [4.69, 9.17) is 22.1 Å². The largest absolute Gasteiger partial charge is 0.493 e. The first kappa shape index (κ1) is 14.8. The molecule has 2 rings (SSSR count). The molecule has 0 saturated heterocycles. The molecule has 2 N–H and O–H groups in total. The van der Waals surface area contributed by atoms with Gasteiger partial charge >= 0.3 is 0 Å². The maximum Gasteiger partial charge on any atom is 0.161 e. The molecule has 0 bridgehead atoms. The zero-order valence-electron chi connectivity index (χ0n) is 11.4. The Hall–Kier alpha value is -1.59. The van der Waals surface area contributed by atoms with Gasteiger partial charge in [-0.2, -0.15) is 5.10 Å². The summed E-state index contributed by atoms with van der Waals surface area (Å²) in [5, 5.41) is 4.57. The second kappa shape index (κ2) is 6.24. The zero-order chi connectivity index (χ0) is 14.7. The molecule has 0 aliphatic carbocycles. The van der Waals surface area contributed by atoms with Crippen molar-refractivity contribution in [1.29, 1.82) is 0 Å². The minimum absolute atomic E-state index is 0.285. The Morgan fingerprint density at radius 2 is 2.25 bits per heavy atom. The van der Waals surface area contributed by atoms with Gasteiger partial charge in [0.05, 0.1) is 25.0 Å². The first-order valence-electron chi connectivity index (χ1n) is 6.36. The van der Waals surface area contributed by atoms with Crippen LogP contribution in [0.2, 0.25) is 5.02 Å². The van der Waals surface area contributed by atoms with Gasteiger partial charge in [0, 0.05) is 17.1 Å². The summed E-state index contributed by atoms with van der Waals surface area (Å²) in [5.41, 5.74) is 7.35. The van der Waals surface area contributed by atoms with Crippen molar-refractivity contribution in [1.82, 2.24) is 9.78 Å². The molecule has 4 nitrogen and oxygen atoms in total. The first-order valence-corrected chi connectivity index (χ1v) is 6.74. The average Bonchev–Trinajstić information content (AvgIpc) is 2.85. The van der Waals surface area contributed by atoms with Crippen molar-refractivity contribution in [3.8, 4) is 5.75 Å². The Bertz CT molecular complexity index is 558. The summed E-state index contributed by atoms with van der Waals surface area (Å²) in [7, 11) is 1.56. The van der Waals surface area contributed by atoms with Crippen LogP contribution in [0.1, 0.15) is 24.2 Å². The average molecular weight is 298 g/mol. The van der Waals surface area contributed by atoms with E-state index in [1.807, 2.05) is 6.92 Å². The van der Waals surface area contributed by atoms with Gasteiger partial charge in [0.15, 0.2) is 5.75 Å². The predicted octanol–water partition coefficient (Wildman–Crippen LogP) is 2.95. The third kappa shape index (κ3) is 2.78. The summed E-state index contributed by atoms with van der Waals surface area (Å²) in [6.45, 7) is 2.62. The van der Waals surface area contributed by atoms with Crippen LogP contribution in [0.5, 0.6) is 5.75 Å². The molecule has 6 heteroatoms. The lowest BCUT2D eigenvalue weighted by molar-refractivity contribution is 0.400. The first-order chi connectivity index (χ1) is 9.58. The number of methoxy groups -OCH3 is 1. The van der Waals surface area contributed by atoms with Crippen LogP contribution in [-0.4, -0.2) is 16.9 Å². The molecule has 2 aromatic rings. The van der Waals surface area contributed by atoms with Crippen molar-refractivity contribution in [2.24, 2.45) is 5.73 Å². The van der Waals surface area contributed by atoms with E-state index in [-0.39, 0.29) is 12.2 Å². The van der Waals surface area contributed by atoms with Gasteiger partial charge in [-0.05, 0) is 25.5 Å². The molecule has 0 fully saturated rings. The van der Waals surface area contributed by atoms with Crippen LogP contribution in [0.15, 0.2) is 24.4 Å². The number of rotatable bonds is 5. The van der Waals surface area contributed by atoms with E-state index < -0.39 is 6.04 Å². The van der Waals surface area contributed by atoms with Crippen molar-refractivity contribution >= 4 is 11.6 Å². The van der Waals surface area contributed by atoms with Gasteiger partial charge < -0.3 is 10.5 Å². The highest BCUT2D eigenvalue weighted by molar-refractivity contribution is 6.31. The number of hydrogen-bond acceptors (Lipinski definition) is 3. The normalized spacial score (nSPS) is 12.4. The van der Waals surface area contributed by atoms with Crippen molar-refractivity contribution in [2.45, 2.75) is 25.9 Å². The van der Waals surface area contributed by atoms with Crippen LogP contribution in [0.4, 0.5) is 4.39 Å². The SMILES string of the molecule is CCn1ncc(OC)c1C(N)Cc1c(F)cccc1Cl. The number of hydrogen-bond donors (Lipinski definition) is 1. The summed E-state index contributed by atoms with van der Waals surface area (Å²) in [6, 6.07) is 4.16. The van der Waals surface area contributed by atoms with E-state index >= 15 is 0 Å². The van der Waals surface area contributed by atoms with Gasteiger partial charge in [-0.3, -0.25) is 4.68 Å². The van der Waals surface area contributed by atoms with Crippen molar-refractivity contribution in [3.63, 3.8) is 0 Å². The van der Waals surface area contributed by atoms with Gasteiger partial charge in [0.1, 0.15) is 5.82 Å². The van der Waals surface area contributed by atoms with Gasteiger partial charge in [-0.1, -0.05) is 17.7 Å².